The molecule has 0 unspecified atom stereocenters. The topological polar surface area (TPSA) is 176 Å². The molecule has 16 heteroatoms. The van der Waals surface area contributed by atoms with Crippen LogP contribution in [-0.2, 0) is 28.2 Å². The third kappa shape index (κ3) is 6.93. The number of hydrogen-bond acceptors (Lipinski definition) is 11. The summed E-state index contributed by atoms with van der Waals surface area (Å²) in [5, 5.41) is 16.0. The van der Waals surface area contributed by atoms with Crippen molar-refractivity contribution in [1.29, 1.82) is 0 Å². The summed E-state index contributed by atoms with van der Waals surface area (Å²) >= 11 is 0. The molecule has 0 radical (unpaired) electrons. The van der Waals surface area contributed by atoms with Crippen LogP contribution in [0.15, 0.2) is 43.0 Å². The summed E-state index contributed by atoms with van der Waals surface area (Å²) in [5.41, 5.74) is -2.04. The molecule has 6 atom stereocenters. The molecule has 3 N–H and O–H groups in total. The third-order valence-electron chi connectivity index (χ3n) is 6.34. The Bertz CT molecular complexity index is 1460. The maximum Gasteiger partial charge on any atom is 0.459 e. The highest BCUT2D eigenvalue weighted by atomic mass is 31.2. The molecule has 1 saturated heterocycles. The number of nitrogens with zero attached hydrogens (tertiary/aromatic N) is 4. The molecule has 228 valence electrons. The van der Waals surface area contributed by atoms with Crippen molar-refractivity contribution in [2.45, 2.75) is 77.3 Å². The van der Waals surface area contributed by atoms with Gasteiger partial charge in [0.15, 0.2) is 28.9 Å². The number of amides is 1. The zero-order chi connectivity index (χ0) is 30.7. The summed E-state index contributed by atoms with van der Waals surface area (Å²) in [4.78, 5) is 36.7. The van der Waals surface area contributed by atoms with E-state index in [4.69, 9.17) is 18.5 Å². The molecule has 1 fully saturated rings. The predicted octanol–water partition coefficient (Wildman–Crippen LogP) is 3.29. The molecule has 1 aromatic carbocycles. The van der Waals surface area contributed by atoms with Crippen LogP contribution < -0.4 is 14.9 Å². The molecule has 1 aliphatic heterocycles. The zero-order valence-corrected chi connectivity index (χ0v) is 24.7. The van der Waals surface area contributed by atoms with E-state index in [2.05, 4.69) is 25.4 Å². The number of anilines is 1. The number of rotatable bonds is 12. The molecule has 42 heavy (non-hydrogen) atoms. The van der Waals surface area contributed by atoms with E-state index in [-0.39, 0.29) is 35.1 Å². The highest BCUT2D eigenvalue weighted by Crippen LogP contribution is 2.48. The van der Waals surface area contributed by atoms with Gasteiger partial charge in [0, 0.05) is 6.42 Å². The van der Waals surface area contributed by atoms with Gasteiger partial charge in [-0.15, -0.1) is 0 Å². The molecule has 1 aliphatic rings. The van der Waals surface area contributed by atoms with E-state index in [9.17, 15) is 19.3 Å². The predicted molar refractivity (Wildman–Crippen MR) is 148 cm³/mol. The number of aliphatic hydroxyl groups excluding tert-OH is 1. The number of fused-ring (bicyclic) bond motifs is 1. The minimum absolute atomic E-state index is 0.139. The van der Waals surface area contributed by atoms with Crippen molar-refractivity contribution in [2.24, 2.45) is 0 Å². The number of halogens is 1. The quantitative estimate of drug-likeness (QED) is 0.202. The standard InChI is InChI=1S/C26H34FN6O8P/c1-6-19(34)31-22-20-23(29-13-28-22)33(14-30-20)25-26(5,27)21(35)18(40-25)12-38-42(37,41-17-10-8-7-9-11-17)32-16(4)24(36)39-15(2)3/h7-11,13-16,18,21,25,35H,6,12H2,1-5H3,(H,32,37)(H,28,29,31,34)/t16-,18+,21+,25+,26+,42-/m0/s1. The fourth-order valence-electron chi connectivity index (χ4n) is 4.19. The van der Waals surface area contributed by atoms with Gasteiger partial charge in [-0.25, -0.2) is 23.9 Å². The lowest BCUT2D eigenvalue weighted by atomic mass is 9.98. The Morgan fingerprint density at radius 3 is 2.60 bits per heavy atom. The summed E-state index contributed by atoms with van der Waals surface area (Å²) in [6.07, 6.45) is -2.27. The van der Waals surface area contributed by atoms with Crippen molar-refractivity contribution in [2.75, 3.05) is 11.9 Å². The number of carbonyl (C=O) groups excluding carboxylic acids is 2. The normalized spacial score (nSPS) is 24.3. The van der Waals surface area contributed by atoms with E-state index < -0.39 is 56.6 Å². The van der Waals surface area contributed by atoms with Crippen LogP contribution in [0.2, 0.25) is 0 Å². The van der Waals surface area contributed by atoms with Crippen LogP contribution in [-0.4, -0.2) is 73.1 Å². The lowest BCUT2D eigenvalue weighted by Gasteiger charge is -2.25. The SMILES string of the molecule is CCC(=O)Nc1ncnc2c1ncn2[C@@H]1O[C@H](CO[P@@](=O)(N[C@@H](C)C(=O)OC(C)C)Oc2ccccc2)[C@@H](O)[C@@]1(C)F. The molecule has 0 bridgehead atoms. The summed E-state index contributed by atoms with van der Waals surface area (Å²) in [5.74, 6) is -0.677. The fourth-order valence-corrected chi connectivity index (χ4v) is 5.69. The monoisotopic (exact) mass is 608 g/mol. The summed E-state index contributed by atoms with van der Waals surface area (Å²) < 4.78 is 53.3. The van der Waals surface area contributed by atoms with Crippen LogP contribution in [0, 0.1) is 0 Å². The molecular formula is C26H34FN6O8P. The van der Waals surface area contributed by atoms with Gasteiger partial charge in [0.05, 0.1) is 19.0 Å². The number of benzene rings is 1. The van der Waals surface area contributed by atoms with Crippen LogP contribution in [0.1, 0.15) is 47.3 Å². The van der Waals surface area contributed by atoms with Crippen molar-refractivity contribution in [1.82, 2.24) is 24.6 Å². The lowest BCUT2D eigenvalue weighted by Crippen LogP contribution is -2.41. The Hall–Kier alpha value is -3.49. The van der Waals surface area contributed by atoms with E-state index in [1.165, 1.54) is 36.3 Å². The first-order valence-corrected chi connectivity index (χ1v) is 14.9. The Labute approximate surface area is 241 Å². The second-order valence-corrected chi connectivity index (χ2v) is 11.8. The van der Waals surface area contributed by atoms with Gasteiger partial charge in [-0.1, -0.05) is 25.1 Å². The number of para-hydroxylation sites is 1. The van der Waals surface area contributed by atoms with Crippen LogP contribution in [0.5, 0.6) is 5.75 Å². The van der Waals surface area contributed by atoms with Gasteiger partial charge in [-0.3, -0.25) is 18.7 Å². The molecule has 0 spiro atoms. The number of alkyl halides is 1. The highest BCUT2D eigenvalue weighted by molar-refractivity contribution is 7.52. The molecule has 14 nitrogen and oxygen atoms in total. The second-order valence-electron chi connectivity index (χ2n) is 10.1. The van der Waals surface area contributed by atoms with Gasteiger partial charge in [0.25, 0.3) is 0 Å². The molecule has 3 heterocycles. The Morgan fingerprint density at radius 1 is 1.21 bits per heavy atom. The van der Waals surface area contributed by atoms with E-state index in [1.54, 1.807) is 39.0 Å². The first-order valence-electron chi connectivity index (χ1n) is 13.3. The number of aliphatic hydroxyl groups is 1. The van der Waals surface area contributed by atoms with Gasteiger partial charge in [-0.05, 0) is 39.8 Å². The van der Waals surface area contributed by atoms with E-state index in [1.807, 2.05) is 0 Å². The molecule has 0 aliphatic carbocycles. The molecule has 2 aromatic heterocycles. The Morgan fingerprint density at radius 2 is 1.93 bits per heavy atom. The third-order valence-corrected chi connectivity index (χ3v) is 7.99. The molecular weight excluding hydrogens is 574 g/mol. The minimum atomic E-state index is -4.30. The van der Waals surface area contributed by atoms with Crippen molar-refractivity contribution >= 4 is 36.6 Å². The first kappa shape index (κ1) is 31.4. The van der Waals surface area contributed by atoms with Crippen molar-refractivity contribution in [3.63, 3.8) is 0 Å². The Balaban J connectivity index is 1.55. The lowest BCUT2D eigenvalue weighted by molar-refractivity contribution is -0.149. The highest BCUT2D eigenvalue weighted by Gasteiger charge is 2.56. The zero-order valence-electron chi connectivity index (χ0n) is 23.8. The summed E-state index contributed by atoms with van der Waals surface area (Å²) in [6, 6.07) is 7.00. The number of nitrogens with one attached hydrogen (secondary N) is 2. The van der Waals surface area contributed by atoms with E-state index in [0.717, 1.165) is 6.92 Å². The fraction of sp³-hybridized carbons (Fsp3) is 0.500. The largest absolute Gasteiger partial charge is 0.462 e. The minimum Gasteiger partial charge on any atom is -0.462 e. The number of carbonyl (C=O) groups is 2. The number of aromatic nitrogens is 4. The number of imidazole rings is 1. The van der Waals surface area contributed by atoms with Crippen LogP contribution in [0.4, 0.5) is 10.2 Å². The van der Waals surface area contributed by atoms with Crippen LogP contribution in [0.3, 0.4) is 0 Å². The van der Waals surface area contributed by atoms with Gasteiger partial charge in [0.2, 0.25) is 5.91 Å². The number of esters is 1. The number of ether oxygens (including phenoxy) is 2. The summed E-state index contributed by atoms with van der Waals surface area (Å²) in [6.45, 7) is 6.99. The van der Waals surface area contributed by atoms with Crippen molar-refractivity contribution < 1.29 is 42.2 Å². The Kier molecular flexibility index (Phi) is 9.58. The van der Waals surface area contributed by atoms with Crippen molar-refractivity contribution in [3.05, 3.63) is 43.0 Å². The average Bonchev–Trinajstić information content (AvgIpc) is 3.46. The molecule has 3 aromatic rings. The van der Waals surface area contributed by atoms with Gasteiger partial charge >= 0.3 is 13.7 Å². The molecule has 0 saturated carbocycles. The smallest absolute Gasteiger partial charge is 0.459 e. The van der Waals surface area contributed by atoms with Gasteiger partial charge in [-0.2, -0.15) is 5.09 Å². The van der Waals surface area contributed by atoms with Gasteiger partial charge < -0.3 is 24.4 Å². The van der Waals surface area contributed by atoms with Crippen LogP contribution in [0.25, 0.3) is 11.2 Å². The summed E-state index contributed by atoms with van der Waals surface area (Å²) in [7, 11) is -4.30. The molecule has 1 amide bonds. The first-order chi connectivity index (χ1) is 19.8. The molecule has 4 rings (SSSR count). The van der Waals surface area contributed by atoms with E-state index in [0.29, 0.717) is 0 Å². The average molecular weight is 609 g/mol. The number of hydrogen-bond donors (Lipinski definition) is 3. The van der Waals surface area contributed by atoms with Crippen molar-refractivity contribution in [3.8, 4) is 5.75 Å². The van der Waals surface area contributed by atoms with Gasteiger partial charge in [0.1, 0.15) is 30.3 Å². The maximum absolute atomic E-state index is 16.0. The van der Waals surface area contributed by atoms with E-state index >= 15 is 4.39 Å². The second kappa shape index (κ2) is 12.8. The maximum atomic E-state index is 16.0. The van der Waals surface area contributed by atoms with Crippen LogP contribution >= 0.6 is 7.75 Å².